The SMILES string of the molecule is CCCCCCCCCCCCCc1nnc(/C=C/c2ncc([N+](=O)[O-])n2C)s1. The minimum Gasteiger partial charge on any atom is -0.358 e. The Kier molecular flexibility index (Phi) is 10.5. The van der Waals surface area contributed by atoms with Crippen LogP contribution in [-0.2, 0) is 13.5 Å². The highest BCUT2D eigenvalue weighted by atomic mass is 32.1. The third-order valence-electron chi connectivity index (χ3n) is 5.04. The minimum absolute atomic E-state index is 0.0286. The number of nitro groups is 1. The van der Waals surface area contributed by atoms with Crippen molar-refractivity contribution in [3.8, 4) is 0 Å². The molecule has 0 aliphatic heterocycles. The Morgan fingerprint density at radius 3 is 2.21 bits per heavy atom. The molecule has 2 aromatic heterocycles. The Morgan fingerprint density at radius 2 is 1.62 bits per heavy atom. The minimum atomic E-state index is -0.443. The summed E-state index contributed by atoms with van der Waals surface area (Å²) in [6.07, 6.45) is 20.5. The maximum atomic E-state index is 10.9. The van der Waals surface area contributed by atoms with Crippen molar-refractivity contribution < 1.29 is 4.92 Å². The summed E-state index contributed by atoms with van der Waals surface area (Å²) in [6.45, 7) is 2.26. The van der Waals surface area contributed by atoms with Crippen LogP contribution in [0.1, 0.15) is 93.4 Å². The third kappa shape index (κ3) is 8.43. The van der Waals surface area contributed by atoms with E-state index >= 15 is 0 Å². The second kappa shape index (κ2) is 13.2. The summed E-state index contributed by atoms with van der Waals surface area (Å²) >= 11 is 1.57. The standard InChI is InChI=1S/C21H33N5O2S/c1-3-4-5-6-7-8-9-10-11-12-13-14-19-23-24-20(29-19)16-15-18-22-17-21(25(18)2)26(27)28/h15-17H,3-14H2,1-2H3/b16-15+. The number of imidazole rings is 1. The maximum Gasteiger partial charge on any atom is 0.342 e. The molecule has 0 spiro atoms. The molecular formula is C21H33N5O2S. The Morgan fingerprint density at radius 1 is 1.00 bits per heavy atom. The van der Waals surface area contributed by atoms with Gasteiger partial charge in [0.15, 0.2) is 0 Å². The first-order chi connectivity index (χ1) is 14.1. The zero-order valence-electron chi connectivity index (χ0n) is 17.7. The van der Waals surface area contributed by atoms with Crippen LogP contribution in [-0.4, -0.2) is 24.7 Å². The van der Waals surface area contributed by atoms with Crippen LogP contribution in [0.5, 0.6) is 0 Å². The molecule has 0 N–H and O–H groups in total. The fraction of sp³-hybridized carbons (Fsp3) is 0.667. The summed E-state index contributed by atoms with van der Waals surface area (Å²) in [5, 5.41) is 21.1. The molecule has 0 amide bonds. The van der Waals surface area contributed by atoms with Crippen LogP contribution in [0, 0.1) is 10.1 Å². The molecule has 0 radical (unpaired) electrons. The van der Waals surface area contributed by atoms with Crippen molar-refractivity contribution >= 4 is 29.3 Å². The Labute approximate surface area is 177 Å². The topological polar surface area (TPSA) is 86.7 Å². The summed E-state index contributed by atoms with van der Waals surface area (Å²) in [5.41, 5.74) is 0. The molecule has 0 aromatic carbocycles. The van der Waals surface area contributed by atoms with Crippen LogP contribution in [0.2, 0.25) is 0 Å². The molecule has 7 nitrogen and oxygen atoms in total. The fourth-order valence-corrected chi connectivity index (χ4v) is 4.05. The predicted octanol–water partition coefficient (Wildman–Crippen LogP) is 6.20. The highest BCUT2D eigenvalue weighted by Gasteiger charge is 2.14. The van der Waals surface area contributed by atoms with Gasteiger partial charge in [-0.15, -0.1) is 10.2 Å². The van der Waals surface area contributed by atoms with Crippen LogP contribution in [0.4, 0.5) is 5.82 Å². The Hall–Kier alpha value is -2.09. The lowest BCUT2D eigenvalue weighted by atomic mass is 10.1. The van der Waals surface area contributed by atoms with Crippen LogP contribution < -0.4 is 0 Å². The van der Waals surface area contributed by atoms with Gasteiger partial charge in [0.25, 0.3) is 0 Å². The van der Waals surface area contributed by atoms with E-state index in [0.29, 0.717) is 5.82 Å². The van der Waals surface area contributed by atoms with Crippen molar-refractivity contribution in [1.29, 1.82) is 0 Å². The molecule has 0 aliphatic rings. The molecule has 2 heterocycles. The number of aromatic nitrogens is 4. The number of rotatable bonds is 15. The molecule has 0 fully saturated rings. The van der Waals surface area contributed by atoms with Crippen molar-refractivity contribution in [2.45, 2.75) is 84.0 Å². The second-order valence-electron chi connectivity index (χ2n) is 7.44. The van der Waals surface area contributed by atoms with Crippen molar-refractivity contribution in [3.63, 3.8) is 0 Å². The molecule has 0 atom stereocenters. The van der Waals surface area contributed by atoms with Gasteiger partial charge in [-0.05, 0) is 17.4 Å². The van der Waals surface area contributed by atoms with Gasteiger partial charge in [-0.3, -0.25) is 0 Å². The first kappa shape index (κ1) is 23.2. The number of hydrogen-bond acceptors (Lipinski definition) is 6. The highest BCUT2D eigenvalue weighted by molar-refractivity contribution is 7.12. The lowest BCUT2D eigenvalue weighted by Crippen LogP contribution is -1.98. The van der Waals surface area contributed by atoms with E-state index in [1.165, 1.54) is 75.0 Å². The summed E-state index contributed by atoms with van der Waals surface area (Å²) in [6, 6.07) is 0. The van der Waals surface area contributed by atoms with Gasteiger partial charge >= 0.3 is 5.82 Å². The molecule has 0 saturated heterocycles. The van der Waals surface area contributed by atoms with Crippen LogP contribution in [0.25, 0.3) is 12.2 Å². The van der Waals surface area contributed by atoms with E-state index in [-0.39, 0.29) is 5.82 Å². The molecule has 160 valence electrons. The predicted molar refractivity (Wildman–Crippen MR) is 119 cm³/mol. The molecular weight excluding hydrogens is 386 g/mol. The van der Waals surface area contributed by atoms with Crippen LogP contribution in [0.15, 0.2) is 6.20 Å². The average Bonchev–Trinajstić information content (AvgIpc) is 3.30. The van der Waals surface area contributed by atoms with Gasteiger partial charge in [0.2, 0.25) is 5.82 Å². The molecule has 29 heavy (non-hydrogen) atoms. The quantitative estimate of drug-likeness (QED) is 0.195. The van der Waals surface area contributed by atoms with Crippen LogP contribution in [0.3, 0.4) is 0 Å². The largest absolute Gasteiger partial charge is 0.358 e. The number of nitrogens with zero attached hydrogens (tertiary/aromatic N) is 5. The molecule has 0 bridgehead atoms. The molecule has 0 aliphatic carbocycles. The van der Waals surface area contributed by atoms with Crippen molar-refractivity contribution in [2.24, 2.45) is 7.05 Å². The lowest BCUT2D eigenvalue weighted by Gasteiger charge is -2.01. The van der Waals surface area contributed by atoms with E-state index in [2.05, 4.69) is 22.1 Å². The van der Waals surface area contributed by atoms with E-state index in [1.807, 2.05) is 6.08 Å². The van der Waals surface area contributed by atoms with Gasteiger partial charge in [-0.25, -0.2) is 9.55 Å². The van der Waals surface area contributed by atoms with Gasteiger partial charge in [0.05, 0.1) is 7.05 Å². The Balaban J connectivity index is 1.60. The molecule has 2 rings (SSSR count). The Bertz CT molecular complexity index is 769. The zero-order chi connectivity index (χ0) is 20.9. The number of hydrogen-bond donors (Lipinski definition) is 0. The number of aryl methyl sites for hydroxylation is 1. The molecule has 2 aromatic rings. The van der Waals surface area contributed by atoms with E-state index < -0.39 is 4.92 Å². The summed E-state index contributed by atoms with van der Waals surface area (Å²) < 4.78 is 1.45. The van der Waals surface area contributed by atoms with Gasteiger partial charge in [-0.1, -0.05) is 82.5 Å². The summed E-state index contributed by atoms with van der Waals surface area (Å²) in [4.78, 5) is 14.5. The highest BCUT2D eigenvalue weighted by Crippen LogP contribution is 2.18. The summed E-state index contributed by atoms with van der Waals surface area (Å²) in [7, 11) is 1.63. The van der Waals surface area contributed by atoms with E-state index in [0.717, 1.165) is 22.9 Å². The summed E-state index contributed by atoms with van der Waals surface area (Å²) in [5.74, 6) is 0.498. The first-order valence-corrected chi connectivity index (χ1v) is 11.6. The molecule has 8 heteroatoms. The second-order valence-corrected chi connectivity index (χ2v) is 8.54. The van der Waals surface area contributed by atoms with Gasteiger partial charge < -0.3 is 10.1 Å². The van der Waals surface area contributed by atoms with Crippen molar-refractivity contribution in [2.75, 3.05) is 0 Å². The van der Waals surface area contributed by atoms with Crippen LogP contribution >= 0.6 is 11.3 Å². The molecule has 0 unspecified atom stereocenters. The maximum absolute atomic E-state index is 10.9. The zero-order valence-corrected chi connectivity index (χ0v) is 18.5. The first-order valence-electron chi connectivity index (χ1n) is 10.8. The van der Waals surface area contributed by atoms with Gasteiger partial charge in [0.1, 0.15) is 16.2 Å². The normalized spacial score (nSPS) is 11.5. The van der Waals surface area contributed by atoms with Gasteiger partial charge in [-0.2, -0.15) is 0 Å². The van der Waals surface area contributed by atoms with E-state index in [4.69, 9.17) is 0 Å². The average molecular weight is 420 g/mol. The fourth-order valence-electron chi connectivity index (χ4n) is 3.26. The van der Waals surface area contributed by atoms with E-state index in [9.17, 15) is 10.1 Å². The molecule has 0 saturated carbocycles. The van der Waals surface area contributed by atoms with E-state index in [1.54, 1.807) is 24.5 Å². The third-order valence-corrected chi connectivity index (χ3v) is 5.99. The number of unbranched alkanes of at least 4 members (excludes halogenated alkanes) is 10. The monoisotopic (exact) mass is 419 g/mol. The van der Waals surface area contributed by atoms with Crippen molar-refractivity contribution in [1.82, 2.24) is 19.7 Å². The smallest absolute Gasteiger partial charge is 0.342 e. The van der Waals surface area contributed by atoms with Crippen molar-refractivity contribution in [3.05, 3.63) is 32.2 Å². The lowest BCUT2D eigenvalue weighted by molar-refractivity contribution is -0.391. The van der Waals surface area contributed by atoms with Gasteiger partial charge in [0, 0.05) is 12.5 Å².